The highest BCUT2D eigenvalue weighted by molar-refractivity contribution is 6.01. The van der Waals surface area contributed by atoms with Crippen molar-refractivity contribution in [2.24, 2.45) is 5.73 Å². The summed E-state index contributed by atoms with van der Waals surface area (Å²) in [6.45, 7) is 1.52. The van der Waals surface area contributed by atoms with Crippen LogP contribution in [0.5, 0.6) is 0 Å². The number of carbonyl (C=O) groups is 3. The Labute approximate surface area is 152 Å². The van der Waals surface area contributed by atoms with E-state index in [1.54, 1.807) is 0 Å². The van der Waals surface area contributed by atoms with Gasteiger partial charge < -0.3 is 11.1 Å². The third kappa shape index (κ3) is 6.14. The van der Waals surface area contributed by atoms with Crippen molar-refractivity contribution in [2.45, 2.75) is 31.8 Å². The molecule has 0 heterocycles. The number of carbonyl (C=O) groups excluding carboxylic acids is 3. The van der Waals surface area contributed by atoms with E-state index in [0.717, 1.165) is 11.1 Å². The van der Waals surface area contributed by atoms with Gasteiger partial charge in [-0.2, -0.15) is 0 Å². The van der Waals surface area contributed by atoms with E-state index in [4.69, 9.17) is 5.73 Å². The molecule has 0 radical (unpaired) electrons. The van der Waals surface area contributed by atoms with Crippen LogP contribution in [-0.4, -0.2) is 29.8 Å². The fourth-order valence-corrected chi connectivity index (χ4v) is 2.42. The van der Waals surface area contributed by atoms with Gasteiger partial charge >= 0.3 is 0 Å². The molecule has 2 rings (SSSR count). The van der Waals surface area contributed by atoms with Crippen LogP contribution in [0.3, 0.4) is 0 Å². The lowest BCUT2D eigenvalue weighted by Crippen LogP contribution is -2.51. The molecule has 0 aromatic heterocycles. The maximum atomic E-state index is 12.1. The molecule has 0 saturated carbocycles. The summed E-state index contributed by atoms with van der Waals surface area (Å²) in [5, 5.41) is 4.83. The first-order valence-corrected chi connectivity index (χ1v) is 8.43. The van der Waals surface area contributed by atoms with Gasteiger partial charge in [-0.05, 0) is 24.5 Å². The molecule has 4 N–H and O–H groups in total. The molecule has 0 aliphatic heterocycles. The molecule has 3 amide bonds. The Morgan fingerprint density at radius 3 is 2.00 bits per heavy atom. The zero-order chi connectivity index (χ0) is 18.9. The molecule has 0 saturated heterocycles. The fraction of sp³-hybridized carbons (Fsp3) is 0.250. The second kappa shape index (κ2) is 9.48. The molecule has 0 aliphatic carbocycles. The van der Waals surface area contributed by atoms with Gasteiger partial charge in [0.05, 0.1) is 12.5 Å². The maximum absolute atomic E-state index is 12.1. The van der Waals surface area contributed by atoms with Crippen molar-refractivity contribution in [1.29, 1.82) is 0 Å². The summed E-state index contributed by atoms with van der Waals surface area (Å²) in [6, 6.07) is 16.8. The number of nitrogens with two attached hydrogens (primary N) is 1. The summed E-state index contributed by atoms with van der Waals surface area (Å²) < 4.78 is 0. The summed E-state index contributed by atoms with van der Waals surface area (Å²) >= 11 is 0. The Morgan fingerprint density at radius 2 is 1.42 bits per heavy atom. The average molecular weight is 353 g/mol. The Balaban J connectivity index is 1.80. The van der Waals surface area contributed by atoms with Gasteiger partial charge in [0.15, 0.2) is 0 Å². The van der Waals surface area contributed by atoms with Gasteiger partial charge in [0.25, 0.3) is 0 Å². The standard InChI is InChI=1S/C20H23N3O3/c1-14(22-18(24)13-16-10-6-3-7-11-16)19(25)23-20(26)17(21)12-15-8-4-2-5-9-15/h2-11,14,17H,12-13,21H2,1H3,(H,22,24)(H,23,25,26)/t14-,17-/m0/s1. The van der Waals surface area contributed by atoms with Crippen LogP contribution in [0.15, 0.2) is 60.7 Å². The van der Waals surface area contributed by atoms with Crippen molar-refractivity contribution in [3.05, 3.63) is 71.8 Å². The smallest absolute Gasteiger partial charge is 0.248 e. The van der Waals surface area contributed by atoms with Crippen molar-refractivity contribution in [1.82, 2.24) is 10.6 Å². The Hall–Kier alpha value is -2.99. The lowest BCUT2D eigenvalue weighted by Gasteiger charge is -2.16. The molecular formula is C20H23N3O3. The minimum atomic E-state index is -0.839. The number of hydrogen-bond donors (Lipinski definition) is 3. The summed E-state index contributed by atoms with van der Waals surface area (Å²) in [6.07, 6.45) is 0.495. The molecule has 0 bridgehead atoms. The molecule has 2 atom stereocenters. The van der Waals surface area contributed by atoms with Crippen LogP contribution in [-0.2, 0) is 27.2 Å². The third-order valence-corrected chi connectivity index (χ3v) is 3.86. The summed E-state index contributed by atoms with van der Waals surface area (Å²) in [4.78, 5) is 36.2. The fourth-order valence-electron chi connectivity index (χ4n) is 2.42. The van der Waals surface area contributed by atoms with Gasteiger partial charge in [0, 0.05) is 0 Å². The number of benzene rings is 2. The first-order valence-electron chi connectivity index (χ1n) is 8.43. The van der Waals surface area contributed by atoms with Crippen LogP contribution in [0.25, 0.3) is 0 Å². The Kier molecular flexibility index (Phi) is 7.05. The lowest BCUT2D eigenvalue weighted by atomic mass is 10.1. The van der Waals surface area contributed by atoms with E-state index in [0.29, 0.717) is 6.42 Å². The zero-order valence-electron chi connectivity index (χ0n) is 14.6. The molecule has 26 heavy (non-hydrogen) atoms. The lowest BCUT2D eigenvalue weighted by molar-refractivity contribution is -0.134. The van der Waals surface area contributed by atoms with E-state index >= 15 is 0 Å². The van der Waals surface area contributed by atoms with Gasteiger partial charge in [0.1, 0.15) is 6.04 Å². The van der Waals surface area contributed by atoms with Crippen molar-refractivity contribution >= 4 is 17.7 Å². The quantitative estimate of drug-likeness (QED) is 0.690. The normalized spacial score (nSPS) is 12.7. The van der Waals surface area contributed by atoms with Gasteiger partial charge in [0.2, 0.25) is 17.7 Å². The van der Waals surface area contributed by atoms with E-state index < -0.39 is 23.9 Å². The van der Waals surface area contributed by atoms with E-state index in [-0.39, 0.29) is 12.3 Å². The van der Waals surface area contributed by atoms with Crippen LogP contribution < -0.4 is 16.4 Å². The molecule has 2 aromatic carbocycles. The Bertz CT molecular complexity index is 747. The van der Waals surface area contributed by atoms with Crippen LogP contribution in [0.1, 0.15) is 18.1 Å². The highest BCUT2D eigenvalue weighted by Gasteiger charge is 2.21. The van der Waals surface area contributed by atoms with Crippen LogP contribution in [0.4, 0.5) is 0 Å². The van der Waals surface area contributed by atoms with Crippen molar-refractivity contribution < 1.29 is 14.4 Å². The number of rotatable bonds is 7. The molecule has 0 spiro atoms. The van der Waals surface area contributed by atoms with E-state index in [9.17, 15) is 14.4 Å². The van der Waals surface area contributed by atoms with Crippen LogP contribution in [0.2, 0.25) is 0 Å². The SMILES string of the molecule is C[C@H](NC(=O)Cc1ccccc1)C(=O)NC(=O)[C@@H](N)Cc1ccccc1. The maximum Gasteiger partial charge on any atom is 0.248 e. The highest BCUT2D eigenvalue weighted by Crippen LogP contribution is 2.02. The number of nitrogens with one attached hydrogen (secondary N) is 2. The second-order valence-electron chi connectivity index (χ2n) is 6.10. The third-order valence-electron chi connectivity index (χ3n) is 3.86. The van der Waals surface area contributed by atoms with Gasteiger partial charge in [-0.3, -0.25) is 19.7 Å². The minimum Gasteiger partial charge on any atom is -0.344 e. The number of imide groups is 1. The van der Waals surface area contributed by atoms with E-state index in [1.165, 1.54) is 6.92 Å². The monoisotopic (exact) mass is 353 g/mol. The molecule has 0 fully saturated rings. The summed E-state index contributed by atoms with van der Waals surface area (Å²) in [5.41, 5.74) is 7.60. The minimum absolute atomic E-state index is 0.167. The molecule has 0 unspecified atom stereocenters. The average Bonchev–Trinajstić information content (AvgIpc) is 2.63. The van der Waals surface area contributed by atoms with E-state index in [2.05, 4.69) is 10.6 Å². The predicted octanol–water partition coefficient (Wildman–Crippen LogP) is 0.947. The molecule has 2 aromatic rings. The molecule has 0 aliphatic rings. The zero-order valence-corrected chi connectivity index (χ0v) is 14.6. The van der Waals surface area contributed by atoms with Crippen molar-refractivity contribution in [3.63, 3.8) is 0 Å². The van der Waals surface area contributed by atoms with Crippen molar-refractivity contribution in [2.75, 3.05) is 0 Å². The highest BCUT2D eigenvalue weighted by atomic mass is 16.2. The number of amides is 3. The topological polar surface area (TPSA) is 101 Å². The first-order chi connectivity index (χ1) is 12.5. The second-order valence-corrected chi connectivity index (χ2v) is 6.10. The Morgan fingerprint density at radius 1 is 0.885 bits per heavy atom. The molecule has 6 heteroatoms. The van der Waals surface area contributed by atoms with Crippen molar-refractivity contribution in [3.8, 4) is 0 Å². The van der Waals surface area contributed by atoms with Crippen LogP contribution >= 0.6 is 0 Å². The molecule has 136 valence electrons. The van der Waals surface area contributed by atoms with Gasteiger partial charge in [-0.15, -0.1) is 0 Å². The first kappa shape index (κ1) is 19.3. The predicted molar refractivity (Wildman–Crippen MR) is 99.0 cm³/mol. The largest absolute Gasteiger partial charge is 0.344 e. The number of hydrogen-bond acceptors (Lipinski definition) is 4. The van der Waals surface area contributed by atoms with Gasteiger partial charge in [-0.1, -0.05) is 60.7 Å². The van der Waals surface area contributed by atoms with Crippen LogP contribution in [0, 0.1) is 0 Å². The summed E-state index contributed by atoms with van der Waals surface area (Å²) in [5.74, 6) is -1.44. The molecular weight excluding hydrogens is 330 g/mol. The van der Waals surface area contributed by atoms with E-state index in [1.807, 2.05) is 60.7 Å². The summed E-state index contributed by atoms with van der Waals surface area (Å²) in [7, 11) is 0. The van der Waals surface area contributed by atoms with Gasteiger partial charge in [-0.25, -0.2) is 0 Å². The molecule has 6 nitrogen and oxygen atoms in total.